The van der Waals surface area contributed by atoms with Gasteiger partial charge in [-0.1, -0.05) is 0 Å². The Balaban J connectivity index is 4.36. The lowest BCUT2D eigenvalue weighted by atomic mass is 10.0. The number of aliphatic hydroxyl groups is 1. The second-order valence-electron chi connectivity index (χ2n) is 5.44. The van der Waals surface area contributed by atoms with Gasteiger partial charge in [-0.15, -0.1) is 0 Å². The summed E-state index contributed by atoms with van der Waals surface area (Å²) in [7, 11) is -1.86. The van der Waals surface area contributed by atoms with Crippen molar-refractivity contribution in [2.75, 3.05) is 19.4 Å². The highest BCUT2D eigenvalue weighted by Gasteiger charge is 2.24. The summed E-state index contributed by atoms with van der Waals surface area (Å²) in [4.78, 5) is 9.69. The van der Waals surface area contributed by atoms with Crippen molar-refractivity contribution in [3.63, 3.8) is 0 Å². The maximum atomic E-state index is 11.8. The first-order valence-corrected chi connectivity index (χ1v) is 8.80. The van der Waals surface area contributed by atoms with E-state index in [1.165, 1.54) is 0 Å². The number of hydrogen-bond donors (Lipinski definition) is 2. The van der Waals surface area contributed by atoms with Crippen LogP contribution >= 0.6 is 7.60 Å². The van der Waals surface area contributed by atoms with E-state index in [0.29, 0.717) is 13.0 Å². The lowest BCUT2D eigenvalue weighted by Crippen LogP contribution is -2.30. The Bertz CT molecular complexity index is 300. The van der Waals surface area contributed by atoms with Crippen molar-refractivity contribution in [1.29, 1.82) is 0 Å². The van der Waals surface area contributed by atoms with Crippen molar-refractivity contribution in [3.8, 4) is 0 Å². The first-order valence-electron chi connectivity index (χ1n) is 7.04. The zero-order valence-electron chi connectivity index (χ0n) is 13.1. The number of aliphatic hydroxyl groups excluding tert-OH is 1. The lowest BCUT2D eigenvalue weighted by Gasteiger charge is -2.24. The van der Waals surface area contributed by atoms with Crippen LogP contribution in [0.15, 0.2) is 0 Å². The van der Waals surface area contributed by atoms with E-state index in [4.69, 9.17) is 19.1 Å². The fraction of sp³-hybridized carbons (Fsp3) is 1.00. The van der Waals surface area contributed by atoms with E-state index in [1.807, 2.05) is 13.8 Å². The molecule has 0 heterocycles. The number of rotatable bonds is 11. The van der Waals surface area contributed by atoms with Crippen LogP contribution in [0.4, 0.5) is 0 Å². The van der Waals surface area contributed by atoms with Gasteiger partial charge in [0.1, 0.15) is 7.85 Å². The minimum Gasteiger partial charge on any atom is -0.394 e. The molecule has 0 bridgehead atoms. The van der Waals surface area contributed by atoms with Gasteiger partial charge in [-0.05, 0) is 34.1 Å². The summed E-state index contributed by atoms with van der Waals surface area (Å²) in [6, 6.07) is -0.333. The van der Waals surface area contributed by atoms with Crippen LogP contribution in [0, 0.1) is 0 Å². The summed E-state index contributed by atoms with van der Waals surface area (Å²) < 4.78 is 27.9. The molecule has 0 saturated heterocycles. The normalized spacial score (nSPS) is 18.2. The van der Waals surface area contributed by atoms with Crippen molar-refractivity contribution in [3.05, 3.63) is 0 Å². The molecule has 0 aliphatic heterocycles. The Labute approximate surface area is 122 Å². The van der Waals surface area contributed by atoms with Crippen LogP contribution in [-0.4, -0.2) is 61.5 Å². The molecule has 0 spiro atoms. The molecule has 0 rings (SSSR count). The van der Waals surface area contributed by atoms with E-state index in [0.717, 1.165) is 0 Å². The summed E-state index contributed by atoms with van der Waals surface area (Å²) in [6.45, 7) is 7.47. The Hall–Kier alpha value is 0.0949. The third-order valence-corrected chi connectivity index (χ3v) is 3.98. The molecule has 6 nitrogen and oxygen atoms in total. The summed E-state index contributed by atoms with van der Waals surface area (Å²) in [5.41, 5.74) is 0. The zero-order chi connectivity index (χ0) is 15.8. The average Bonchev–Trinajstić information content (AvgIpc) is 2.30. The molecule has 3 atom stereocenters. The van der Waals surface area contributed by atoms with Crippen molar-refractivity contribution in [2.45, 2.75) is 58.4 Å². The first-order chi connectivity index (χ1) is 9.16. The molecule has 1 unspecified atom stereocenters. The van der Waals surface area contributed by atoms with Crippen molar-refractivity contribution in [2.24, 2.45) is 0 Å². The van der Waals surface area contributed by atoms with E-state index < -0.39 is 7.60 Å². The standard InChI is InChI=1S/C12H28BO6P/c1-9(2)17-8-11(18-12(13)7-14)5-6-20(15,16)19-10(3)4/h9-12,14H,5-8,13H2,1-4H3,(H,15,16)/t11-,12-/m1/s1. The molecule has 0 aromatic heterocycles. The Morgan fingerprint density at radius 1 is 1.20 bits per heavy atom. The van der Waals surface area contributed by atoms with Crippen LogP contribution in [0.25, 0.3) is 0 Å². The van der Waals surface area contributed by atoms with Crippen LogP contribution in [0.1, 0.15) is 34.1 Å². The van der Waals surface area contributed by atoms with Crippen molar-refractivity contribution < 1.29 is 28.6 Å². The second kappa shape index (κ2) is 9.93. The van der Waals surface area contributed by atoms with Gasteiger partial charge in [-0.25, -0.2) is 0 Å². The third kappa shape index (κ3) is 10.8. The molecule has 0 radical (unpaired) electrons. The fourth-order valence-corrected chi connectivity index (χ4v) is 2.93. The molecule has 0 amide bonds. The van der Waals surface area contributed by atoms with Gasteiger partial charge >= 0.3 is 7.60 Å². The SMILES string of the molecule is B[C@@H](CO)O[C@H](CCP(=O)(O)OC(C)C)COC(C)C. The molecule has 0 aromatic carbocycles. The smallest absolute Gasteiger partial charge is 0.328 e. The molecular formula is C12H28BO6P. The van der Waals surface area contributed by atoms with Crippen molar-refractivity contribution in [1.82, 2.24) is 0 Å². The van der Waals surface area contributed by atoms with E-state index in [-0.39, 0.29) is 37.1 Å². The third-order valence-electron chi connectivity index (χ3n) is 2.41. The maximum Gasteiger partial charge on any atom is 0.328 e. The van der Waals surface area contributed by atoms with E-state index in [2.05, 4.69) is 0 Å². The molecule has 0 aliphatic carbocycles. The molecule has 8 heteroatoms. The second-order valence-corrected chi connectivity index (χ2v) is 7.37. The molecule has 0 aromatic rings. The quantitative estimate of drug-likeness (QED) is 0.433. The fourth-order valence-electron chi connectivity index (χ4n) is 1.55. The van der Waals surface area contributed by atoms with Crippen LogP contribution in [-0.2, 0) is 18.6 Å². The van der Waals surface area contributed by atoms with Gasteiger partial charge in [0.05, 0.1) is 37.7 Å². The van der Waals surface area contributed by atoms with Gasteiger partial charge in [0, 0.05) is 6.00 Å². The predicted octanol–water partition coefficient (Wildman–Crippen LogP) is 0.749. The molecule has 120 valence electrons. The Morgan fingerprint density at radius 3 is 2.25 bits per heavy atom. The van der Waals surface area contributed by atoms with Crippen LogP contribution in [0.5, 0.6) is 0 Å². The molecular weight excluding hydrogens is 282 g/mol. The molecule has 0 fully saturated rings. The van der Waals surface area contributed by atoms with E-state index in [9.17, 15) is 9.46 Å². The van der Waals surface area contributed by atoms with Gasteiger partial charge in [0.2, 0.25) is 0 Å². The maximum absolute atomic E-state index is 11.8. The Morgan fingerprint density at radius 2 is 1.80 bits per heavy atom. The topological polar surface area (TPSA) is 85.2 Å². The van der Waals surface area contributed by atoms with Gasteiger partial charge in [-0.2, -0.15) is 0 Å². The first kappa shape index (κ1) is 20.1. The average molecular weight is 310 g/mol. The minimum atomic E-state index is -3.60. The van der Waals surface area contributed by atoms with Crippen LogP contribution < -0.4 is 0 Å². The summed E-state index contributed by atoms with van der Waals surface area (Å²) in [5, 5.41) is 9.01. The largest absolute Gasteiger partial charge is 0.394 e. The van der Waals surface area contributed by atoms with Crippen molar-refractivity contribution >= 4 is 15.4 Å². The van der Waals surface area contributed by atoms with E-state index in [1.54, 1.807) is 21.7 Å². The van der Waals surface area contributed by atoms with Gasteiger partial charge in [0.25, 0.3) is 0 Å². The van der Waals surface area contributed by atoms with Crippen LogP contribution in [0.2, 0.25) is 0 Å². The highest BCUT2D eigenvalue weighted by atomic mass is 31.2. The number of ether oxygens (including phenoxy) is 2. The molecule has 20 heavy (non-hydrogen) atoms. The predicted molar refractivity (Wildman–Crippen MR) is 80.9 cm³/mol. The molecule has 0 aliphatic rings. The van der Waals surface area contributed by atoms with Crippen LogP contribution in [0.3, 0.4) is 0 Å². The molecule has 2 N–H and O–H groups in total. The van der Waals surface area contributed by atoms with Gasteiger partial charge in [0.15, 0.2) is 0 Å². The summed E-state index contributed by atoms with van der Waals surface area (Å²) in [5.74, 6) is 0. The summed E-state index contributed by atoms with van der Waals surface area (Å²) in [6.07, 6.45) is -0.227. The minimum absolute atomic E-state index is 0.00938. The van der Waals surface area contributed by atoms with E-state index >= 15 is 0 Å². The zero-order valence-corrected chi connectivity index (χ0v) is 14.0. The lowest BCUT2D eigenvalue weighted by molar-refractivity contribution is -0.0583. The number of hydrogen-bond acceptors (Lipinski definition) is 5. The highest BCUT2D eigenvalue weighted by molar-refractivity contribution is 7.52. The van der Waals surface area contributed by atoms with Gasteiger partial charge in [-0.3, -0.25) is 4.57 Å². The molecule has 0 saturated carbocycles. The summed E-state index contributed by atoms with van der Waals surface area (Å²) >= 11 is 0. The monoisotopic (exact) mass is 310 g/mol. The van der Waals surface area contributed by atoms with Gasteiger partial charge < -0.3 is 24.0 Å². The Kier molecular flexibility index (Phi) is 9.98. The highest BCUT2D eigenvalue weighted by Crippen LogP contribution is 2.44.